The second-order valence-corrected chi connectivity index (χ2v) is 10.0. The molecule has 0 radical (unpaired) electrons. The number of nitriles is 1. The molecule has 7 nitrogen and oxygen atoms in total. The molecule has 0 saturated carbocycles. The van der Waals surface area contributed by atoms with Crippen molar-refractivity contribution in [1.82, 2.24) is 19.7 Å². The molecule has 166 valence electrons. The topological polar surface area (TPSA) is 96.5 Å². The van der Waals surface area contributed by atoms with Crippen LogP contribution in [0.2, 0.25) is 0 Å². The van der Waals surface area contributed by atoms with Crippen molar-refractivity contribution in [2.75, 3.05) is 11.1 Å². The van der Waals surface area contributed by atoms with Gasteiger partial charge in [-0.05, 0) is 35.6 Å². The maximum atomic E-state index is 12.8. The summed E-state index contributed by atoms with van der Waals surface area (Å²) in [6, 6.07) is 18.5. The molecule has 6 rings (SSSR count). The molecule has 1 aliphatic rings. The number of amides is 1. The van der Waals surface area contributed by atoms with Gasteiger partial charge in [-0.25, -0.2) is 4.98 Å². The van der Waals surface area contributed by atoms with Crippen LogP contribution >= 0.6 is 23.1 Å². The first-order valence-electron chi connectivity index (χ1n) is 10.8. The van der Waals surface area contributed by atoms with Crippen molar-refractivity contribution in [2.45, 2.75) is 18.0 Å². The van der Waals surface area contributed by atoms with Crippen LogP contribution in [0.5, 0.6) is 0 Å². The highest BCUT2D eigenvalue weighted by atomic mass is 32.2. The van der Waals surface area contributed by atoms with Gasteiger partial charge in [-0.2, -0.15) is 5.26 Å². The van der Waals surface area contributed by atoms with E-state index in [2.05, 4.69) is 38.7 Å². The summed E-state index contributed by atoms with van der Waals surface area (Å²) >= 11 is 2.70. The number of anilines is 1. The van der Waals surface area contributed by atoms with E-state index < -0.39 is 0 Å². The van der Waals surface area contributed by atoms with E-state index >= 15 is 0 Å². The molecule has 1 aliphatic carbocycles. The number of thioether (sulfide) groups is 1. The number of hydrogen-bond acceptors (Lipinski definition) is 7. The Kier molecular flexibility index (Phi) is 5.05. The minimum Gasteiger partial charge on any atom is -0.327 e. The Labute approximate surface area is 203 Å². The fraction of sp³-hybridized carbons (Fsp3) is 0.160. The largest absolute Gasteiger partial charge is 0.327 e. The van der Waals surface area contributed by atoms with Crippen LogP contribution in [0.1, 0.15) is 16.7 Å². The number of nitrogens with zero attached hydrogens (tertiary/aromatic N) is 5. The first kappa shape index (κ1) is 20.8. The molecule has 2 aromatic carbocycles. The Bertz CT molecular complexity index is 1650. The zero-order valence-electron chi connectivity index (χ0n) is 18.2. The maximum absolute atomic E-state index is 12.8. The maximum Gasteiger partial charge on any atom is 0.235 e. The van der Waals surface area contributed by atoms with Crippen LogP contribution in [0.25, 0.3) is 32.5 Å². The van der Waals surface area contributed by atoms with Crippen molar-refractivity contribution in [3.05, 3.63) is 65.2 Å². The summed E-state index contributed by atoms with van der Waals surface area (Å²) < 4.78 is 1.98. The number of hydrogen-bond donors (Lipinski definition) is 1. The Morgan fingerprint density at radius 3 is 2.88 bits per heavy atom. The molecule has 34 heavy (non-hydrogen) atoms. The van der Waals surface area contributed by atoms with Crippen LogP contribution in [0, 0.1) is 11.3 Å². The van der Waals surface area contributed by atoms with Gasteiger partial charge >= 0.3 is 0 Å². The molecule has 0 fully saturated rings. The van der Waals surface area contributed by atoms with Crippen molar-refractivity contribution in [1.29, 1.82) is 5.26 Å². The highest BCUT2D eigenvalue weighted by Gasteiger charge is 2.25. The average Bonchev–Trinajstić information content (AvgIpc) is 3.37. The lowest BCUT2D eigenvalue weighted by Crippen LogP contribution is -2.14. The molecule has 0 atom stereocenters. The summed E-state index contributed by atoms with van der Waals surface area (Å²) in [6.07, 6.45) is 1.71. The molecule has 1 N–H and O–H groups in total. The first-order chi connectivity index (χ1) is 16.6. The van der Waals surface area contributed by atoms with E-state index in [4.69, 9.17) is 0 Å². The molecule has 0 saturated heterocycles. The van der Waals surface area contributed by atoms with E-state index in [1.165, 1.54) is 28.7 Å². The third-order valence-corrected chi connectivity index (χ3v) is 8.12. The van der Waals surface area contributed by atoms with Gasteiger partial charge in [0.25, 0.3) is 0 Å². The van der Waals surface area contributed by atoms with Crippen molar-refractivity contribution >= 4 is 56.1 Å². The summed E-state index contributed by atoms with van der Waals surface area (Å²) in [6.45, 7) is 0. The third kappa shape index (κ3) is 3.34. The van der Waals surface area contributed by atoms with Crippen molar-refractivity contribution in [3.63, 3.8) is 0 Å². The highest BCUT2D eigenvalue weighted by Crippen LogP contribution is 2.44. The summed E-state index contributed by atoms with van der Waals surface area (Å²) in [7, 11) is 1.95. The van der Waals surface area contributed by atoms with Gasteiger partial charge in [0, 0.05) is 17.3 Å². The van der Waals surface area contributed by atoms with E-state index in [1.54, 1.807) is 0 Å². The Morgan fingerprint density at radius 1 is 1.18 bits per heavy atom. The van der Waals surface area contributed by atoms with Crippen LogP contribution in [-0.2, 0) is 24.7 Å². The lowest BCUT2D eigenvalue weighted by Gasteiger charge is -2.15. The van der Waals surface area contributed by atoms with Crippen molar-refractivity contribution < 1.29 is 4.79 Å². The molecule has 5 aromatic rings. The molecule has 1 amide bonds. The van der Waals surface area contributed by atoms with E-state index in [1.807, 2.05) is 48.0 Å². The SMILES string of the molecule is Cn1c2ccccc2c2nnc(SCC(=O)Nc3sc4c(c3C#N)CCc3ccccc3-4)nc21. The molecule has 3 heterocycles. The van der Waals surface area contributed by atoms with Crippen LogP contribution in [0.3, 0.4) is 0 Å². The number of carbonyl (C=O) groups excluding carboxylic acids is 1. The quantitative estimate of drug-likeness (QED) is 0.364. The second kappa shape index (κ2) is 8.24. The average molecular weight is 483 g/mol. The molecule has 0 bridgehead atoms. The van der Waals surface area contributed by atoms with Crippen LogP contribution < -0.4 is 5.32 Å². The first-order valence-corrected chi connectivity index (χ1v) is 12.6. The van der Waals surface area contributed by atoms with E-state index in [-0.39, 0.29) is 11.7 Å². The van der Waals surface area contributed by atoms with Crippen molar-refractivity contribution in [3.8, 4) is 16.5 Å². The monoisotopic (exact) mass is 482 g/mol. The number of aryl methyl sites for hydroxylation is 2. The van der Waals surface area contributed by atoms with Gasteiger partial charge in [-0.1, -0.05) is 54.2 Å². The van der Waals surface area contributed by atoms with Crippen LogP contribution in [0.15, 0.2) is 53.7 Å². The number of nitrogens with one attached hydrogen (secondary N) is 1. The Hall–Kier alpha value is -3.74. The van der Waals surface area contributed by atoms with Gasteiger partial charge in [0.15, 0.2) is 5.65 Å². The van der Waals surface area contributed by atoms with E-state index in [0.29, 0.717) is 15.7 Å². The smallest absolute Gasteiger partial charge is 0.235 e. The molecular formula is C25H18N6OS2. The zero-order valence-corrected chi connectivity index (χ0v) is 19.8. The standard InChI is InChI=1S/C25H18N6OS2/c1-31-19-9-5-4-8-17(19)21-23(31)28-25(30-29-21)33-13-20(32)27-24-18(12-26)16-11-10-14-6-2-3-7-15(14)22(16)34-24/h2-9H,10-11,13H2,1H3,(H,27,32). The molecule has 0 aliphatic heterocycles. The summed E-state index contributed by atoms with van der Waals surface area (Å²) in [5, 5.41) is 23.4. The van der Waals surface area contributed by atoms with E-state index in [9.17, 15) is 10.1 Å². The summed E-state index contributed by atoms with van der Waals surface area (Å²) in [4.78, 5) is 18.5. The predicted molar refractivity (Wildman–Crippen MR) is 135 cm³/mol. The minimum atomic E-state index is -0.200. The number of rotatable bonds is 4. The lowest BCUT2D eigenvalue weighted by molar-refractivity contribution is -0.113. The van der Waals surface area contributed by atoms with Gasteiger partial charge in [0.2, 0.25) is 11.1 Å². The van der Waals surface area contributed by atoms with Gasteiger partial charge in [-0.3, -0.25) is 4.79 Å². The normalized spacial score (nSPS) is 12.4. The minimum absolute atomic E-state index is 0.126. The second-order valence-electron chi connectivity index (χ2n) is 8.06. The predicted octanol–water partition coefficient (Wildman–Crippen LogP) is 4.95. The Morgan fingerprint density at radius 2 is 2.00 bits per heavy atom. The number of benzene rings is 2. The number of para-hydroxylation sites is 1. The number of fused-ring (bicyclic) bond motifs is 6. The zero-order chi connectivity index (χ0) is 23.2. The lowest BCUT2D eigenvalue weighted by atomic mass is 9.90. The van der Waals surface area contributed by atoms with Crippen LogP contribution in [0.4, 0.5) is 5.00 Å². The number of carbonyl (C=O) groups is 1. The Balaban J connectivity index is 1.22. The third-order valence-electron chi connectivity index (χ3n) is 6.10. The van der Waals surface area contributed by atoms with Crippen LogP contribution in [-0.4, -0.2) is 31.4 Å². The van der Waals surface area contributed by atoms with Gasteiger partial charge in [0.1, 0.15) is 16.6 Å². The molecular weight excluding hydrogens is 464 g/mol. The van der Waals surface area contributed by atoms with E-state index in [0.717, 1.165) is 50.9 Å². The fourth-order valence-electron chi connectivity index (χ4n) is 4.49. The fourth-order valence-corrected chi connectivity index (χ4v) is 6.35. The highest BCUT2D eigenvalue weighted by molar-refractivity contribution is 7.99. The molecule has 0 spiro atoms. The number of aromatic nitrogens is 4. The molecule has 0 unspecified atom stereocenters. The van der Waals surface area contributed by atoms with Crippen molar-refractivity contribution in [2.24, 2.45) is 7.05 Å². The van der Waals surface area contributed by atoms with Gasteiger partial charge in [0.05, 0.1) is 16.8 Å². The number of thiophene rings is 1. The van der Waals surface area contributed by atoms with Gasteiger partial charge < -0.3 is 9.88 Å². The summed E-state index contributed by atoms with van der Waals surface area (Å²) in [5.41, 5.74) is 6.55. The van der Waals surface area contributed by atoms with Gasteiger partial charge in [-0.15, -0.1) is 21.5 Å². The molecule has 3 aromatic heterocycles. The summed E-state index contributed by atoms with van der Waals surface area (Å²) in [5.74, 6) is -0.0737. The molecule has 9 heteroatoms.